The van der Waals surface area contributed by atoms with E-state index in [1.807, 2.05) is 24.3 Å². The number of nitrogens with one attached hydrogen (secondary N) is 2. The molecule has 0 saturated carbocycles. The van der Waals surface area contributed by atoms with Crippen LogP contribution < -0.4 is 15.4 Å². The normalized spacial score (nSPS) is 10.4. The fraction of sp³-hybridized carbons (Fsp3) is 0.190. The number of amides is 2. The van der Waals surface area contributed by atoms with E-state index in [0.29, 0.717) is 23.9 Å². The van der Waals surface area contributed by atoms with Crippen molar-refractivity contribution in [1.29, 1.82) is 0 Å². The number of ether oxygens (including phenoxy) is 1. The van der Waals surface area contributed by atoms with Crippen molar-refractivity contribution in [2.75, 3.05) is 11.9 Å². The molecule has 1 heterocycles. The van der Waals surface area contributed by atoms with E-state index < -0.39 is 0 Å². The number of hydrogen-bond donors (Lipinski definition) is 2. The van der Waals surface area contributed by atoms with Gasteiger partial charge >= 0.3 is 0 Å². The molecular formula is C21H21N3O3. The minimum absolute atomic E-state index is 0.0237. The predicted octanol–water partition coefficient (Wildman–Crippen LogP) is 3.66. The molecule has 3 rings (SSSR count). The lowest BCUT2D eigenvalue weighted by Crippen LogP contribution is -2.22. The first-order valence-electron chi connectivity index (χ1n) is 8.69. The smallest absolute Gasteiger partial charge is 0.221 e. The van der Waals surface area contributed by atoms with Crippen molar-refractivity contribution in [3.05, 3.63) is 60.2 Å². The highest BCUT2D eigenvalue weighted by Gasteiger charge is 2.04. The van der Waals surface area contributed by atoms with Gasteiger partial charge in [-0.15, -0.1) is 0 Å². The van der Waals surface area contributed by atoms with E-state index in [4.69, 9.17) is 4.74 Å². The number of carbonyl (C=O) groups is 2. The van der Waals surface area contributed by atoms with Crippen LogP contribution in [0.15, 0.2) is 54.6 Å². The highest BCUT2D eigenvalue weighted by atomic mass is 16.5. The highest BCUT2D eigenvalue weighted by Crippen LogP contribution is 2.24. The third-order valence-electron chi connectivity index (χ3n) is 3.91. The van der Waals surface area contributed by atoms with Gasteiger partial charge in [0.05, 0.1) is 5.52 Å². The quantitative estimate of drug-likeness (QED) is 0.700. The van der Waals surface area contributed by atoms with Gasteiger partial charge in [0.1, 0.15) is 5.75 Å². The van der Waals surface area contributed by atoms with Gasteiger partial charge in [0.15, 0.2) is 0 Å². The van der Waals surface area contributed by atoms with E-state index in [2.05, 4.69) is 21.7 Å². The molecule has 6 heteroatoms. The minimum Gasteiger partial charge on any atom is -0.439 e. The predicted molar refractivity (Wildman–Crippen MR) is 105 cm³/mol. The zero-order chi connectivity index (χ0) is 19.2. The monoisotopic (exact) mass is 363 g/mol. The average molecular weight is 363 g/mol. The summed E-state index contributed by atoms with van der Waals surface area (Å²) in [6.45, 7) is 3.60. The zero-order valence-electron chi connectivity index (χ0n) is 15.3. The largest absolute Gasteiger partial charge is 0.439 e. The number of aromatic nitrogens is 1. The maximum atomic E-state index is 11.1. The van der Waals surface area contributed by atoms with Crippen molar-refractivity contribution >= 4 is 28.4 Å². The third kappa shape index (κ3) is 5.28. The molecule has 0 unspecified atom stereocenters. The van der Waals surface area contributed by atoms with Crippen LogP contribution in [0.4, 0.5) is 5.69 Å². The molecule has 1 aromatic heterocycles. The molecule has 0 aliphatic carbocycles. The molecule has 138 valence electrons. The standard InChI is InChI=1S/C21H21N3O3/c1-14(25)22-12-11-16-3-9-20-17(13-16)4-10-21(24-20)27-19-7-5-18(6-8-19)23-15(2)26/h3-10,13H,11-12H2,1-2H3,(H,22,25)(H,23,26). The van der Waals surface area contributed by atoms with Gasteiger partial charge in [-0.3, -0.25) is 9.59 Å². The number of carbonyl (C=O) groups excluding carboxylic acids is 2. The molecule has 0 bridgehead atoms. The van der Waals surface area contributed by atoms with Gasteiger partial charge in [0.25, 0.3) is 0 Å². The molecule has 0 radical (unpaired) electrons. The first kappa shape index (κ1) is 18.4. The van der Waals surface area contributed by atoms with Gasteiger partial charge in [-0.2, -0.15) is 0 Å². The fourth-order valence-electron chi connectivity index (χ4n) is 2.68. The van der Waals surface area contributed by atoms with Gasteiger partial charge in [0.2, 0.25) is 17.7 Å². The van der Waals surface area contributed by atoms with Crippen LogP contribution in [-0.4, -0.2) is 23.3 Å². The van der Waals surface area contributed by atoms with Crippen LogP contribution in [0.3, 0.4) is 0 Å². The summed E-state index contributed by atoms with van der Waals surface area (Å²) in [5.74, 6) is 1.00. The lowest BCUT2D eigenvalue weighted by molar-refractivity contribution is -0.119. The second-order valence-electron chi connectivity index (χ2n) is 6.22. The van der Waals surface area contributed by atoms with Crippen LogP contribution in [0, 0.1) is 0 Å². The van der Waals surface area contributed by atoms with Gasteiger partial charge < -0.3 is 15.4 Å². The first-order valence-corrected chi connectivity index (χ1v) is 8.69. The Morgan fingerprint density at radius 2 is 1.74 bits per heavy atom. The Bertz CT molecular complexity index is 968. The Labute approximate surface area is 157 Å². The van der Waals surface area contributed by atoms with Gasteiger partial charge in [-0.05, 0) is 54.4 Å². The van der Waals surface area contributed by atoms with E-state index in [-0.39, 0.29) is 11.8 Å². The number of fused-ring (bicyclic) bond motifs is 1. The summed E-state index contributed by atoms with van der Waals surface area (Å²) in [5, 5.41) is 6.53. The molecular weight excluding hydrogens is 342 g/mol. The third-order valence-corrected chi connectivity index (χ3v) is 3.91. The van der Waals surface area contributed by atoms with Crippen molar-refractivity contribution in [2.24, 2.45) is 0 Å². The minimum atomic E-state index is -0.115. The molecule has 0 aliphatic rings. The van der Waals surface area contributed by atoms with E-state index in [1.165, 1.54) is 13.8 Å². The topological polar surface area (TPSA) is 80.3 Å². The van der Waals surface area contributed by atoms with Crippen molar-refractivity contribution in [3.63, 3.8) is 0 Å². The van der Waals surface area contributed by atoms with Crippen molar-refractivity contribution in [2.45, 2.75) is 20.3 Å². The van der Waals surface area contributed by atoms with Crippen LogP contribution in [0.1, 0.15) is 19.4 Å². The molecule has 2 N–H and O–H groups in total. The van der Waals surface area contributed by atoms with Gasteiger partial charge in [-0.25, -0.2) is 4.98 Å². The van der Waals surface area contributed by atoms with Crippen LogP contribution in [0.25, 0.3) is 10.9 Å². The molecule has 0 spiro atoms. The number of anilines is 1. The maximum Gasteiger partial charge on any atom is 0.221 e. The van der Waals surface area contributed by atoms with E-state index >= 15 is 0 Å². The summed E-state index contributed by atoms with van der Waals surface area (Å²) in [7, 11) is 0. The van der Waals surface area contributed by atoms with E-state index in [0.717, 1.165) is 22.9 Å². The Morgan fingerprint density at radius 1 is 0.963 bits per heavy atom. The van der Waals surface area contributed by atoms with Crippen molar-refractivity contribution in [3.8, 4) is 11.6 Å². The molecule has 6 nitrogen and oxygen atoms in total. The first-order chi connectivity index (χ1) is 13.0. The fourth-order valence-corrected chi connectivity index (χ4v) is 2.68. The molecule has 2 amide bonds. The van der Waals surface area contributed by atoms with Crippen LogP contribution >= 0.6 is 0 Å². The number of rotatable bonds is 6. The van der Waals surface area contributed by atoms with Crippen LogP contribution in [0.5, 0.6) is 11.6 Å². The maximum absolute atomic E-state index is 11.1. The SMILES string of the molecule is CC(=O)NCCc1ccc2nc(Oc3ccc(NC(C)=O)cc3)ccc2c1. The summed E-state index contributed by atoms with van der Waals surface area (Å²) in [6, 6.07) is 16.9. The molecule has 0 saturated heterocycles. The van der Waals surface area contributed by atoms with E-state index in [9.17, 15) is 9.59 Å². The summed E-state index contributed by atoms with van der Waals surface area (Å²) >= 11 is 0. The number of benzene rings is 2. The summed E-state index contributed by atoms with van der Waals surface area (Å²) in [6.07, 6.45) is 0.772. The molecule has 3 aromatic rings. The molecule has 2 aromatic carbocycles. The lowest BCUT2D eigenvalue weighted by atomic mass is 10.1. The van der Waals surface area contributed by atoms with Crippen LogP contribution in [0.2, 0.25) is 0 Å². The zero-order valence-corrected chi connectivity index (χ0v) is 15.3. The average Bonchev–Trinajstić information content (AvgIpc) is 2.63. The second-order valence-corrected chi connectivity index (χ2v) is 6.22. The number of pyridine rings is 1. The Hall–Kier alpha value is -3.41. The van der Waals surface area contributed by atoms with Crippen molar-refractivity contribution < 1.29 is 14.3 Å². The highest BCUT2D eigenvalue weighted by molar-refractivity contribution is 5.88. The summed E-state index contributed by atoms with van der Waals surface area (Å²) in [4.78, 5) is 26.5. The van der Waals surface area contributed by atoms with Gasteiger partial charge in [0, 0.05) is 37.5 Å². The Kier molecular flexibility index (Phi) is 5.66. The molecule has 0 atom stereocenters. The Morgan fingerprint density at radius 3 is 2.44 bits per heavy atom. The number of hydrogen-bond acceptors (Lipinski definition) is 4. The number of nitrogens with zero attached hydrogens (tertiary/aromatic N) is 1. The van der Waals surface area contributed by atoms with Gasteiger partial charge in [-0.1, -0.05) is 6.07 Å². The molecule has 0 aliphatic heterocycles. The molecule has 0 fully saturated rings. The second kappa shape index (κ2) is 8.31. The molecule has 27 heavy (non-hydrogen) atoms. The van der Waals surface area contributed by atoms with E-state index in [1.54, 1.807) is 24.3 Å². The summed E-state index contributed by atoms with van der Waals surface area (Å²) in [5.41, 5.74) is 2.69. The Balaban J connectivity index is 1.69. The van der Waals surface area contributed by atoms with Crippen LogP contribution in [-0.2, 0) is 16.0 Å². The lowest BCUT2D eigenvalue weighted by Gasteiger charge is -2.08. The summed E-state index contributed by atoms with van der Waals surface area (Å²) < 4.78 is 5.80. The van der Waals surface area contributed by atoms with Crippen molar-refractivity contribution in [1.82, 2.24) is 10.3 Å².